The average molecular weight is 415 g/mol. The normalized spacial score (nSPS) is 10.4. The SMILES string of the molecule is Cc1cc(C)cc(Nc2ncnc(Oc3ccc(Br)cc3)c2[N+](=O)[O-])c1. The Hall–Kier alpha value is -3.00. The van der Waals surface area contributed by atoms with Crippen LogP contribution in [0.3, 0.4) is 0 Å². The van der Waals surface area contributed by atoms with Crippen molar-refractivity contribution in [1.29, 1.82) is 0 Å². The maximum Gasteiger partial charge on any atom is 0.373 e. The number of anilines is 2. The second-order valence-electron chi connectivity index (χ2n) is 5.69. The molecule has 0 aliphatic heterocycles. The van der Waals surface area contributed by atoms with E-state index in [1.807, 2.05) is 32.0 Å². The minimum absolute atomic E-state index is 0.0714. The Kier molecular flexibility index (Phi) is 5.13. The molecule has 1 N–H and O–H groups in total. The molecule has 0 aliphatic carbocycles. The van der Waals surface area contributed by atoms with Crippen molar-refractivity contribution in [3.05, 3.63) is 74.5 Å². The number of nitrogens with zero attached hydrogens (tertiary/aromatic N) is 3. The molecule has 26 heavy (non-hydrogen) atoms. The van der Waals surface area contributed by atoms with Gasteiger partial charge in [0, 0.05) is 10.2 Å². The van der Waals surface area contributed by atoms with E-state index in [4.69, 9.17) is 4.74 Å². The first kappa shape index (κ1) is 17.8. The lowest BCUT2D eigenvalue weighted by Crippen LogP contribution is -2.03. The summed E-state index contributed by atoms with van der Waals surface area (Å²) in [5, 5.41) is 14.6. The third-order valence-corrected chi connectivity index (χ3v) is 4.01. The fourth-order valence-corrected chi connectivity index (χ4v) is 2.76. The Balaban J connectivity index is 1.98. The average Bonchev–Trinajstić information content (AvgIpc) is 2.56. The Labute approximate surface area is 158 Å². The van der Waals surface area contributed by atoms with Crippen molar-refractivity contribution in [2.75, 3.05) is 5.32 Å². The maximum absolute atomic E-state index is 11.6. The van der Waals surface area contributed by atoms with E-state index in [9.17, 15) is 10.1 Å². The fourth-order valence-electron chi connectivity index (χ4n) is 2.49. The number of hydrogen-bond acceptors (Lipinski definition) is 6. The molecule has 2 aromatic carbocycles. The van der Waals surface area contributed by atoms with Gasteiger partial charge >= 0.3 is 11.6 Å². The van der Waals surface area contributed by atoms with Crippen LogP contribution in [0, 0.1) is 24.0 Å². The van der Waals surface area contributed by atoms with E-state index in [1.165, 1.54) is 6.33 Å². The summed E-state index contributed by atoms with van der Waals surface area (Å²) < 4.78 is 6.47. The van der Waals surface area contributed by atoms with Gasteiger partial charge in [-0.3, -0.25) is 10.1 Å². The molecular weight excluding hydrogens is 400 g/mol. The summed E-state index contributed by atoms with van der Waals surface area (Å²) in [4.78, 5) is 19.0. The molecule has 132 valence electrons. The summed E-state index contributed by atoms with van der Waals surface area (Å²) in [6.07, 6.45) is 1.23. The molecule has 0 spiro atoms. The zero-order valence-corrected chi connectivity index (χ0v) is 15.6. The topological polar surface area (TPSA) is 90.2 Å². The standard InChI is InChI=1S/C18H15BrN4O3/c1-11-7-12(2)9-14(8-11)22-17-16(23(24)25)18(21-10-20-17)26-15-5-3-13(19)4-6-15/h3-10H,1-2H3,(H,20,21,22). The van der Waals surface area contributed by atoms with Gasteiger partial charge in [-0.25, -0.2) is 4.98 Å². The van der Waals surface area contributed by atoms with Crippen molar-refractivity contribution >= 4 is 33.1 Å². The van der Waals surface area contributed by atoms with E-state index in [0.29, 0.717) is 11.4 Å². The zero-order chi connectivity index (χ0) is 18.7. The molecule has 1 aromatic heterocycles. The Morgan fingerprint density at radius 3 is 2.35 bits per heavy atom. The molecule has 0 aliphatic rings. The van der Waals surface area contributed by atoms with Gasteiger partial charge in [0.25, 0.3) is 0 Å². The number of ether oxygens (including phenoxy) is 1. The van der Waals surface area contributed by atoms with Crippen molar-refractivity contribution in [3.8, 4) is 11.6 Å². The number of halogens is 1. The fraction of sp³-hybridized carbons (Fsp3) is 0.111. The summed E-state index contributed by atoms with van der Waals surface area (Å²) in [5.41, 5.74) is 2.46. The van der Waals surface area contributed by atoms with Crippen LogP contribution < -0.4 is 10.1 Å². The predicted molar refractivity (Wildman–Crippen MR) is 102 cm³/mol. The first-order chi connectivity index (χ1) is 12.4. The lowest BCUT2D eigenvalue weighted by atomic mass is 10.1. The quantitative estimate of drug-likeness (QED) is 0.449. The molecule has 3 rings (SSSR count). The van der Waals surface area contributed by atoms with Gasteiger partial charge < -0.3 is 10.1 Å². The Morgan fingerprint density at radius 1 is 1.08 bits per heavy atom. The van der Waals surface area contributed by atoms with E-state index in [0.717, 1.165) is 15.6 Å². The van der Waals surface area contributed by atoms with E-state index < -0.39 is 4.92 Å². The smallest absolute Gasteiger partial charge is 0.373 e. The molecule has 0 saturated heterocycles. The highest BCUT2D eigenvalue weighted by molar-refractivity contribution is 9.10. The second-order valence-corrected chi connectivity index (χ2v) is 6.61. The van der Waals surface area contributed by atoms with Crippen LogP contribution in [-0.2, 0) is 0 Å². The molecule has 7 nitrogen and oxygen atoms in total. The monoisotopic (exact) mass is 414 g/mol. The lowest BCUT2D eigenvalue weighted by Gasteiger charge is -2.10. The van der Waals surface area contributed by atoms with Gasteiger partial charge in [-0.15, -0.1) is 0 Å². The number of nitro groups is 1. The van der Waals surface area contributed by atoms with Gasteiger partial charge in [0.15, 0.2) is 0 Å². The molecule has 1 heterocycles. The molecule has 0 amide bonds. The van der Waals surface area contributed by atoms with E-state index >= 15 is 0 Å². The number of nitrogens with one attached hydrogen (secondary N) is 1. The van der Waals surface area contributed by atoms with Crippen LogP contribution in [0.25, 0.3) is 0 Å². The van der Waals surface area contributed by atoms with Gasteiger partial charge in [-0.1, -0.05) is 22.0 Å². The highest BCUT2D eigenvalue weighted by atomic mass is 79.9. The maximum atomic E-state index is 11.6. The summed E-state index contributed by atoms with van der Waals surface area (Å²) in [6, 6.07) is 12.7. The van der Waals surface area contributed by atoms with Crippen molar-refractivity contribution in [3.63, 3.8) is 0 Å². The highest BCUT2D eigenvalue weighted by Gasteiger charge is 2.25. The van der Waals surface area contributed by atoms with Crippen molar-refractivity contribution < 1.29 is 9.66 Å². The first-order valence-corrected chi connectivity index (χ1v) is 8.50. The molecule has 8 heteroatoms. The number of rotatable bonds is 5. The summed E-state index contributed by atoms with van der Waals surface area (Å²) >= 11 is 3.33. The van der Waals surface area contributed by atoms with Gasteiger partial charge in [-0.2, -0.15) is 4.98 Å². The van der Waals surface area contributed by atoms with Crippen LogP contribution in [0.5, 0.6) is 11.6 Å². The summed E-state index contributed by atoms with van der Waals surface area (Å²) in [7, 11) is 0. The third kappa shape index (κ3) is 4.15. The van der Waals surface area contributed by atoms with Crippen molar-refractivity contribution in [1.82, 2.24) is 9.97 Å². The van der Waals surface area contributed by atoms with Crippen molar-refractivity contribution in [2.24, 2.45) is 0 Å². The van der Waals surface area contributed by atoms with Gasteiger partial charge in [0.1, 0.15) is 12.1 Å². The number of benzene rings is 2. The highest BCUT2D eigenvalue weighted by Crippen LogP contribution is 2.35. The third-order valence-electron chi connectivity index (χ3n) is 3.48. The minimum Gasteiger partial charge on any atom is -0.434 e. The first-order valence-electron chi connectivity index (χ1n) is 7.70. The molecule has 0 bridgehead atoms. The molecular formula is C18H15BrN4O3. The lowest BCUT2D eigenvalue weighted by molar-refractivity contribution is -0.385. The van der Waals surface area contributed by atoms with Crippen LogP contribution in [-0.4, -0.2) is 14.9 Å². The molecule has 0 saturated carbocycles. The van der Waals surface area contributed by atoms with Crippen LogP contribution >= 0.6 is 15.9 Å². The largest absolute Gasteiger partial charge is 0.434 e. The summed E-state index contributed by atoms with van der Waals surface area (Å²) in [5.74, 6) is 0.383. The van der Waals surface area contributed by atoms with Crippen LogP contribution in [0.4, 0.5) is 17.2 Å². The summed E-state index contributed by atoms with van der Waals surface area (Å²) in [6.45, 7) is 3.91. The number of aromatic nitrogens is 2. The number of hydrogen-bond donors (Lipinski definition) is 1. The van der Waals surface area contributed by atoms with Crippen molar-refractivity contribution in [2.45, 2.75) is 13.8 Å². The second kappa shape index (κ2) is 7.49. The molecule has 0 atom stereocenters. The van der Waals surface area contributed by atoms with Gasteiger partial charge in [-0.05, 0) is 61.4 Å². The minimum atomic E-state index is -0.556. The molecule has 3 aromatic rings. The van der Waals surface area contributed by atoms with Crippen LogP contribution in [0.1, 0.15) is 11.1 Å². The van der Waals surface area contributed by atoms with E-state index in [-0.39, 0.29) is 17.4 Å². The zero-order valence-electron chi connectivity index (χ0n) is 14.1. The Bertz CT molecular complexity index is 941. The van der Waals surface area contributed by atoms with Gasteiger partial charge in [0.05, 0.1) is 4.92 Å². The molecule has 0 fully saturated rings. The van der Waals surface area contributed by atoms with E-state index in [1.54, 1.807) is 24.3 Å². The molecule has 0 radical (unpaired) electrons. The Morgan fingerprint density at radius 2 is 1.73 bits per heavy atom. The van der Waals surface area contributed by atoms with Crippen LogP contribution in [0.2, 0.25) is 0 Å². The van der Waals surface area contributed by atoms with Gasteiger partial charge in [0.2, 0.25) is 5.82 Å². The number of aryl methyl sites for hydroxylation is 2. The molecule has 0 unspecified atom stereocenters. The predicted octanol–water partition coefficient (Wildman–Crippen LogP) is 5.30. The van der Waals surface area contributed by atoms with Crippen LogP contribution in [0.15, 0.2) is 53.3 Å². The van der Waals surface area contributed by atoms with E-state index in [2.05, 4.69) is 31.2 Å².